The highest BCUT2D eigenvalue weighted by molar-refractivity contribution is 9.10. The third kappa shape index (κ3) is 4.45. The highest BCUT2D eigenvalue weighted by Gasteiger charge is 2.33. The molecule has 1 aromatic carbocycles. The molecule has 1 aliphatic heterocycles. The molecule has 1 N–H and O–H groups in total. The van der Waals surface area contributed by atoms with Crippen molar-refractivity contribution in [2.45, 2.75) is 38.8 Å². The minimum Gasteiger partial charge on any atom is -0.478 e. The SMILES string of the molecule is CC(C)(C)OC(=O)N(c1ccc(C(=O)O)cc1Br)C1CCOC1. The maximum atomic E-state index is 12.6. The second-order valence-corrected chi connectivity index (χ2v) is 7.19. The maximum Gasteiger partial charge on any atom is 0.415 e. The number of carboxylic acid groups (broad SMARTS) is 1. The molecule has 126 valence electrons. The van der Waals surface area contributed by atoms with Crippen LogP contribution in [0.4, 0.5) is 10.5 Å². The number of carbonyl (C=O) groups is 2. The van der Waals surface area contributed by atoms with Crippen molar-refractivity contribution in [3.8, 4) is 0 Å². The Labute approximate surface area is 143 Å². The van der Waals surface area contributed by atoms with Crippen molar-refractivity contribution in [1.82, 2.24) is 0 Å². The largest absolute Gasteiger partial charge is 0.478 e. The Kier molecular flexibility index (Phi) is 5.31. The monoisotopic (exact) mass is 385 g/mol. The summed E-state index contributed by atoms with van der Waals surface area (Å²) < 4.78 is 11.4. The Morgan fingerprint density at radius 2 is 2.09 bits per heavy atom. The van der Waals surface area contributed by atoms with Gasteiger partial charge in [0.15, 0.2) is 0 Å². The van der Waals surface area contributed by atoms with E-state index in [1.54, 1.807) is 26.8 Å². The number of anilines is 1. The van der Waals surface area contributed by atoms with Gasteiger partial charge in [0.2, 0.25) is 0 Å². The van der Waals surface area contributed by atoms with E-state index in [-0.39, 0.29) is 11.6 Å². The molecule has 1 heterocycles. The predicted molar refractivity (Wildman–Crippen MR) is 89.0 cm³/mol. The summed E-state index contributed by atoms with van der Waals surface area (Å²) in [5.41, 5.74) is 0.0922. The zero-order chi connectivity index (χ0) is 17.2. The molecule has 1 aromatic rings. The molecule has 1 fully saturated rings. The summed E-state index contributed by atoms with van der Waals surface area (Å²) >= 11 is 3.36. The summed E-state index contributed by atoms with van der Waals surface area (Å²) in [7, 11) is 0. The normalized spacial score (nSPS) is 17.8. The van der Waals surface area contributed by atoms with Gasteiger partial charge in [-0.15, -0.1) is 0 Å². The van der Waals surface area contributed by atoms with E-state index in [1.165, 1.54) is 17.0 Å². The van der Waals surface area contributed by atoms with Crippen LogP contribution in [-0.2, 0) is 9.47 Å². The molecule has 1 aliphatic rings. The van der Waals surface area contributed by atoms with E-state index in [0.29, 0.717) is 29.8 Å². The molecular formula is C16H20BrNO5. The van der Waals surface area contributed by atoms with Gasteiger partial charge in [-0.1, -0.05) is 0 Å². The summed E-state index contributed by atoms with van der Waals surface area (Å²) in [6.07, 6.45) is 0.226. The standard InChI is InChI=1S/C16H20BrNO5/c1-16(2,3)23-15(21)18(11-6-7-22-9-11)13-5-4-10(14(19)20)8-12(13)17/h4-5,8,11H,6-7,9H2,1-3H3,(H,19,20). The van der Waals surface area contributed by atoms with Crippen LogP contribution in [0.15, 0.2) is 22.7 Å². The summed E-state index contributed by atoms with van der Waals surface area (Å²) in [5, 5.41) is 9.07. The van der Waals surface area contributed by atoms with Crippen LogP contribution >= 0.6 is 15.9 Å². The molecule has 7 heteroatoms. The van der Waals surface area contributed by atoms with Crippen molar-refractivity contribution < 1.29 is 24.2 Å². The van der Waals surface area contributed by atoms with Crippen LogP contribution in [0, 0.1) is 0 Å². The van der Waals surface area contributed by atoms with Crippen LogP contribution in [0.2, 0.25) is 0 Å². The number of amides is 1. The van der Waals surface area contributed by atoms with Crippen molar-refractivity contribution in [2.24, 2.45) is 0 Å². The van der Waals surface area contributed by atoms with Crippen molar-refractivity contribution in [3.05, 3.63) is 28.2 Å². The average molecular weight is 386 g/mol. The number of carbonyl (C=O) groups excluding carboxylic acids is 1. The van der Waals surface area contributed by atoms with Gasteiger partial charge in [-0.2, -0.15) is 0 Å². The molecule has 0 bridgehead atoms. The number of hydrogen-bond acceptors (Lipinski definition) is 4. The number of rotatable bonds is 3. The predicted octanol–water partition coefficient (Wildman–Crippen LogP) is 3.68. The number of carboxylic acids is 1. The van der Waals surface area contributed by atoms with Gasteiger partial charge in [-0.05, 0) is 61.3 Å². The summed E-state index contributed by atoms with van der Waals surface area (Å²) in [6.45, 7) is 6.41. The van der Waals surface area contributed by atoms with Crippen LogP contribution in [0.3, 0.4) is 0 Å². The van der Waals surface area contributed by atoms with Crippen molar-refractivity contribution in [1.29, 1.82) is 0 Å². The van der Waals surface area contributed by atoms with Gasteiger partial charge in [-0.25, -0.2) is 9.59 Å². The number of nitrogens with zero attached hydrogens (tertiary/aromatic N) is 1. The number of halogens is 1. The van der Waals surface area contributed by atoms with Gasteiger partial charge in [0, 0.05) is 11.1 Å². The van der Waals surface area contributed by atoms with Gasteiger partial charge in [0.1, 0.15) is 5.60 Å². The first-order chi connectivity index (χ1) is 10.7. The van der Waals surface area contributed by atoms with Crippen LogP contribution in [0.25, 0.3) is 0 Å². The lowest BCUT2D eigenvalue weighted by Gasteiger charge is -2.31. The molecule has 6 nitrogen and oxygen atoms in total. The molecule has 0 spiro atoms. The Balaban J connectivity index is 2.37. The fourth-order valence-corrected chi connectivity index (χ4v) is 2.89. The third-order valence-electron chi connectivity index (χ3n) is 3.32. The van der Waals surface area contributed by atoms with E-state index >= 15 is 0 Å². The number of hydrogen-bond donors (Lipinski definition) is 1. The molecule has 1 atom stereocenters. The lowest BCUT2D eigenvalue weighted by atomic mass is 10.1. The first kappa shape index (κ1) is 17.7. The molecule has 0 saturated carbocycles. The summed E-state index contributed by atoms with van der Waals surface area (Å²) in [4.78, 5) is 25.2. The van der Waals surface area contributed by atoms with E-state index in [1.807, 2.05) is 0 Å². The summed E-state index contributed by atoms with van der Waals surface area (Å²) in [6, 6.07) is 4.41. The topological polar surface area (TPSA) is 76.1 Å². The van der Waals surface area contributed by atoms with E-state index in [0.717, 1.165) is 0 Å². The molecule has 1 unspecified atom stereocenters. The second-order valence-electron chi connectivity index (χ2n) is 6.34. The van der Waals surface area contributed by atoms with Crippen molar-refractivity contribution in [2.75, 3.05) is 18.1 Å². The summed E-state index contributed by atoms with van der Waals surface area (Å²) in [5.74, 6) is -1.02. The Hall–Kier alpha value is -1.60. The number of ether oxygens (including phenoxy) is 2. The molecule has 2 rings (SSSR count). The van der Waals surface area contributed by atoms with E-state index < -0.39 is 17.7 Å². The molecule has 23 heavy (non-hydrogen) atoms. The molecular weight excluding hydrogens is 366 g/mol. The smallest absolute Gasteiger partial charge is 0.415 e. The lowest BCUT2D eigenvalue weighted by Crippen LogP contribution is -2.44. The minimum absolute atomic E-state index is 0.142. The van der Waals surface area contributed by atoms with Gasteiger partial charge >= 0.3 is 12.1 Å². The van der Waals surface area contributed by atoms with E-state index in [2.05, 4.69) is 15.9 Å². The van der Waals surface area contributed by atoms with E-state index in [9.17, 15) is 9.59 Å². The van der Waals surface area contributed by atoms with Crippen molar-refractivity contribution in [3.63, 3.8) is 0 Å². The fourth-order valence-electron chi connectivity index (χ4n) is 2.32. The zero-order valence-electron chi connectivity index (χ0n) is 13.3. The van der Waals surface area contributed by atoms with Gasteiger partial charge in [0.25, 0.3) is 0 Å². The van der Waals surface area contributed by atoms with Crippen LogP contribution in [-0.4, -0.2) is 42.0 Å². The molecule has 0 aliphatic carbocycles. The highest BCUT2D eigenvalue weighted by Crippen LogP contribution is 2.32. The average Bonchev–Trinajstić information content (AvgIpc) is 2.92. The van der Waals surface area contributed by atoms with Crippen LogP contribution in [0.1, 0.15) is 37.6 Å². The second kappa shape index (κ2) is 6.88. The highest BCUT2D eigenvalue weighted by atomic mass is 79.9. The Bertz CT molecular complexity index is 605. The number of benzene rings is 1. The quantitative estimate of drug-likeness (QED) is 0.858. The molecule has 0 aromatic heterocycles. The minimum atomic E-state index is -1.02. The molecule has 0 radical (unpaired) electrons. The maximum absolute atomic E-state index is 12.6. The van der Waals surface area contributed by atoms with Crippen molar-refractivity contribution >= 4 is 33.7 Å². The van der Waals surface area contributed by atoms with Crippen LogP contribution < -0.4 is 4.90 Å². The van der Waals surface area contributed by atoms with Gasteiger partial charge in [0.05, 0.1) is 23.9 Å². The first-order valence-electron chi connectivity index (χ1n) is 7.32. The van der Waals surface area contributed by atoms with Gasteiger partial charge in [-0.3, -0.25) is 4.90 Å². The Morgan fingerprint density at radius 1 is 1.39 bits per heavy atom. The number of aromatic carboxylic acids is 1. The zero-order valence-corrected chi connectivity index (χ0v) is 14.9. The first-order valence-corrected chi connectivity index (χ1v) is 8.11. The van der Waals surface area contributed by atoms with Gasteiger partial charge < -0.3 is 14.6 Å². The van der Waals surface area contributed by atoms with E-state index in [4.69, 9.17) is 14.6 Å². The third-order valence-corrected chi connectivity index (χ3v) is 3.95. The van der Waals surface area contributed by atoms with Crippen LogP contribution in [0.5, 0.6) is 0 Å². The molecule has 1 amide bonds. The lowest BCUT2D eigenvalue weighted by molar-refractivity contribution is 0.0560. The fraction of sp³-hybridized carbons (Fsp3) is 0.500. The molecule has 1 saturated heterocycles. The Morgan fingerprint density at radius 3 is 2.57 bits per heavy atom.